The van der Waals surface area contributed by atoms with Gasteiger partial charge in [-0.05, 0) is 6.92 Å². The summed E-state index contributed by atoms with van der Waals surface area (Å²) >= 11 is 14.3. The summed E-state index contributed by atoms with van der Waals surface area (Å²) < 4.78 is 33.7. The predicted molar refractivity (Wildman–Crippen MR) is 35.8 cm³/mol. The van der Waals surface area contributed by atoms with Crippen LogP contribution in [0.3, 0.4) is 0 Å². The van der Waals surface area contributed by atoms with Crippen molar-refractivity contribution in [2.45, 2.75) is 22.8 Å². The van der Waals surface area contributed by atoms with Crippen LogP contribution in [-0.4, -0.2) is 15.9 Å². The summed E-state index contributed by atoms with van der Waals surface area (Å²) in [6, 6.07) is 0. The highest BCUT2D eigenvalue weighted by molar-refractivity contribution is 6.68. The van der Waals surface area contributed by atoms with Gasteiger partial charge < -0.3 is 0 Å². The van der Waals surface area contributed by atoms with Gasteiger partial charge in [0.05, 0.1) is 0 Å². The highest BCUT2D eigenvalue weighted by Crippen LogP contribution is 2.45. The number of hydrogen-bond donors (Lipinski definition) is 0. The molecule has 1 unspecified atom stereocenters. The Kier molecular flexibility index (Phi) is 3.15. The molecule has 0 aliphatic heterocycles. The smallest absolute Gasteiger partial charge is 0.241 e. The van der Waals surface area contributed by atoms with Crippen LogP contribution in [0.15, 0.2) is 0 Å². The Morgan fingerprint density at radius 1 is 1.20 bits per heavy atom. The highest BCUT2D eigenvalue weighted by Gasteiger charge is 2.55. The third-order valence-electron chi connectivity index (χ3n) is 0.878. The lowest BCUT2D eigenvalue weighted by molar-refractivity contribution is -0.0608. The molecule has 0 amide bonds. The molecule has 0 fully saturated rings. The Morgan fingerprint density at radius 2 is 1.50 bits per heavy atom. The summed E-state index contributed by atoms with van der Waals surface area (Å²) in [7, 11) is 0. The van der Waals surface area contributed by atoms with Gasteiger partial charge in [-0.15, -0.1) is 0 Å². The van der Waals surface area contributed by atoms with Crippen molar-refractivity contribution in [3.05, 3.63) is 0 Å². The first-order chi connectivity index (χ1) is 4.19. The largest absolute Gasteiger partial charge is 0.324 e. The topological polar surface area (TPSA) is 0 Å². The molecule has 62 valence electrons. The molecule has 6 heteroatoms. The van der Waals surface area contributed by atoms with E-state index in [2.05, 4.69) is 0 Å². The highest BCUT2D eigenvalue weighted by atomic mass is 35.6. The van der Waals surface area contributed by atoms with Gasteiger partial charge in [0.1, 0.15) is 0 Å². The molecule has 0 N–H and O–H groups in total. The second-order valence-electron chi connectivity index (χ2n) is 1.74. The average Bonchev–Trinajstić information content (AvgIpc) is 1.62. The van der Waals surface area contributed by atoms with Crippen LogP contribution in [0.5, 0.6) is 0 Å². The molecule has 0 aromatic rings. The molecule has 0 nitrogen and oxygen atoms in total. The van der Waals surface area contributed by atoms with Gasteiger partial charge in [-0.3, -0.25) is 0 Å². The van der Waals surface area contributed by atoms with Crippen molar-refractivity contribution in [1.82, 2.24) is 0 Å². The maximum atomic E-state index is 12.3. The molecular weight excluding hydrogens is 211 g/mol. The van der Waals surface area contributed by atoms with E-state index in [1.807, 2.05) is 0 Å². The molecule has 0 saturated heterocycles. The van der Waals surface area contributed by atoms with E-state index in [4.69, 9.17) is 34.8 Å². The zero-order chi connectivity index (χ0) is 8.58. The van der Waals surface area contributed by atoms with E-state index in [9.17, 15) is 13.2 Å². The molecule has 0 aromatic carbocycles. The van der Waals surface area contributed by atoms with E-state index >= 15 is 0 Å². The SMILES string of the molecule is CC(F)C(F)(F)C(Cl)(Cl)Cl. The summed E-state index contributed by atoms with van der Waals surface area (Å²) in [6.45, 7) is 0.627. The van der Waals surface area contributed by atoms with E-state index in [0.717, 1.165) is 0 Å². The molecule has 0 saturated carbocycles. The number of hydrogen-bond acceptors (Lipinski definition) is 0. The standard InChI is InChI=1S/C4H4Cl3F3/c1-2(8)3(9,10)4(5,6)7/h2H,1H3. The normalized spacial score (nSPS) is 17.1. The van der Waals surface area contributed by atoms with Crippen molar-refractivity contribution in [1.29, 1.82) is 0 Å². The lowest BCUT2D eigenvalue weighted by Gasteiger charge is -2.24. The monoisotopic (exact) mass is 214 g/mol. The van der Waals surface area contributed by atoms with Gasteiger partial charge >= 0.3 is 5.92 Å². The van der Waals surface area contributed by atoms with Crippen LogP contribution >= 0.6 is 34.8 Å². The summed E-state index contributed by atoms with van der Waals surface area (Å²) in [5.74, 6) is -3.93. The molecule has 0 spiro atoms. The van der Waals surface area contributed by atoms with Gasteiger partial charge in [0.15, 0.2) is 6.17 Å². The molecule has 0 radical (unpaired) electrons. The molecule has 0 bridgehead atoms. The minimum atomic E-state index is -3.93. The van der Waals surface area contributed by atoms with Gasteiger partial charge in [-0.2, -0.15) is 8.78 Å². The zero-order valence-corrected chi connectivity index (χ0v) is 7.11. The fourth-order valence-corrected chi connectivity index (χ4v) is 0.677. The van der Waals surface area contributed by atoms with Gasteiger partial charge in [-0.25, -0.2) is 4.39 Å². The van der Waals surface area contributed by atoms with E-state index in [1.54, 1.807) is 0 Å². The Bertz CT molecular complexity index is 117. The van der Waals surface area contributed by atoms with Gasteiger partial charge in [0, 0.05) is 0 Å². The summed E-state index contributed by atoms with van der Waals surface area (Å²) in [5.41, 5.74) is 0. The second kappa shape index (κ2) is 2.95. The molecule has 0 aliphatic rings. The quantitative estimate of drug-likeness (QED) is 0.589. The summed E-state index contributed by atoms with van der Waals surface area (Å²) in [4.78, 5) is 0. The molecular formula is C4H4Cl3F3. The molecule has 1 atom stereocenters. The maximum absolute atomic E-state index is 12.3. The first-order valence-electron chi connectivity index (χ1n) is 2.28. The Morgan fingerprint density at radius 3 is 1.50 bits per heavy atom. The van der Waals surface area contributed by atoms with Crippen LogP contribution in [-0.2, 0) is 0 Å². The first kappa shape index (κ1) is 10.7. The van der Waals surface area contributed by atoms with Crippen LogP contribution in [0, 0.1) is 0 Å². The number of rotatable bonds is 1. The lowest BCUT2D eigenvalue weighted by Crippen LogP contribution is -2.41. The molecule has 0 heterocycles. The number of alkyl halides is 6. The van der Waals surface area contributed by atoms with Crippen molar-refractivity contribution in [2.75, 3.05) is 0 Å². The Balaban J connectivity index is 4.40. The van der Waals surface area contributed by atoms with Crippen molar-refractivity contribution in [2.24, 2.45) is 0 Å². The van der Waals surface area contributed by atoms with E-state index in [0.29, 0.717) is 6.92 Å². The zero-order valence-electron chi connectivity index (χ0n) is 4.85. The van der Waals surface area contributed by atoms with E-state index in [1.165, 1.54) is 0 Å². The predicted octanol–water partition coefficient (Wildman–Crippen LogP) is 3.35. The molecule has 0 aromatic heterocycles. The van der Waals surface area contributed by atoms with Gasteiger partial charge in [0.2, 0.25) is 0 Å². The average molecular weight is 215 g/mol. The fraction of sp³-hybridized carbons (Fsp3) is 1.00. The van der Waals surface area contributed by atoms with Crippen LogP contribution < -0.4 is 0 Å². The van der Waals surface area contributed by atoms with Crippen molar-refractivity contribution >= 4 is 34.8 Å². The van der Waals surface area contributed by atoms with Crippen LogP contribution in [0.2, 0.25) is 0 Å². The second-order valence-corrected chi connectivity index (χ2v) is 4.02. The van der Waals surface area contributed by atoms with Gasteiger partial charge in [-0.1, -0.05) is 34.8 Å². The number of halogens is 6. The van der Waals surface area contributed by atoms with Crippen molar-refractivity contribution in [3.8, 4) is 0 Å². The van der Waals surface area contributed by atoms with Crippen LogP contribution in [0.25, 0.3) is 0 Å². The summed E-state index contributed by atoms with van der Waals surface area (Å²) in [5, 5.41) is 0. The minimum absolute atomic E-state index is 0.627. The minimum Gasteiger partial charge on any atom is -0.241 e. The molecule has 0 aliphatic carbocycles. The maximum Gasteiger partial charge on any atom is 0.324 e. The van der Waals surface area contributed by atoms with Gasteiger partial charge in [0.25, 0.3) is 3.79 Å². The fourth-order valence-electron chi connectivity index (χ4n) is 0.226. The lowest BCUT2D eigenvalue weighted by atomic mass is 10.2. The van der Waals surface area contributed by atoms with Crippen LogP contribution in [0.4, 0.5) is 13.2 Å². The van der Waals surface area contributed by atoms with Crippen LogP contribution in [0.1, 0.15) is 6.92 Å². The Labute approximate surface area is 71.2 Å². The van der Waals surface area contributed by atoms with Crippen molar-refractivity contribution < 1.29 is 13.2 Å². The van der Waals surface area contributed by atoms with E-state index < -0.39 is 15.9 Å². The third kappa shape index (κ3) is 2.07. The van der Waals surface area contributed by atoms with Crippen molar-refractivity contribution in [3.63, 3.8) is 0 Å². The molecule has 10 heavy (non-hydrogen) atoms. The first-order valence-corrected chi connectivity index (χ1v) is 3.41. The molecule has 0 rings (SSSR count). The Hall–Kier alpha value is 0.660. The summed E-state index contributed by atoms with van der Waals surface area (Å²) in [6.07, 6.45) is -2.47. The third-order valence-corrected chi connectivity index (χ3v) is 1.63. The van der Waals surface area contributed by atoms with E-state index in [-0.39, 0.29) is 0 Å².